The van der Waals surface area contributed by atoms with Crippen molar-refractivity contribution in [2.75, 3.05) is 46.1 Å². The van der Waals surface area contributed by atoms with E-state index in [1.165, 1.54) is 18.1 Å². The third kappa shape index (κ3) is 8.59. The normalized spacial score (nSPS) is 15.7. The van der Waals surface area contributed by atoms with Gasteiger partial charge in [-0.1, -0.05) is 43.7 Å². The maximum atomic E-state index is 13.2. The van der Waals surface area contributed by atoms with Gasteiger partial charge in [-0.3, -0.25) is 9.36 Å². The number of methoxy groups -OCH3 is 1. The molecule has 1 saturated heterocycles. The molecule has 38 heavy (non-hydrogen) atoms. The third-order valence-electron chi connectivity index (χ3n) is 5.53. The number of amides is 2. The molecule has 2 aromatic rings. The van der Waals surface area contributed by atoms with E-state index in [1.807, 2.05) is 13.0 Å². The highest BCUT2D eigenvalue weighted by Gasteiger charge is 2.35. The zero-order chi connectivity index (χ0) is 27.5. The van der Waals surface area contributed by atoms with Crippen molar-refractivity contribution in [2.45, 2.75) is 25.8 Å². The molecule has 0 bridgehead atoms. The Balaban J connectivity index is 1.82. The van der Waals surface area contributed by atoms with Crippen LogP contribution in [-0.2, 0) is 18.6 Å². The van der Waals surface area contributed by atoms with E-state index in [9.17, 15) is 23.8 Å². The summed E-state index contributed by atoms with van der Waals surface area (Å²) in [7, 11) is -2.96. The minimum Gasteiger partial charge on any atom is -0.481 e. The molecule has 1 fully saturated rings. The highest BCUT2D eigenvalue weighted by molar-refractivity contribution is 7.52. The van der Waals surface area contributed by atoms with Gasteiger partial charge in [-0.15, -0.1) is 0 Å². The summed E-state index contributed by atoms with van der Waals surface area (Å²) in [6.07, 6.45) is -0.466. The first-order valence-corrected chi connectivity index (χ1v) is 14.0. The van der Waals surface area contributed by atoms with E-state index in [0.717, 1.165) is 6.42 Å². The Morgan fingerprint density at radius 2 is 1.89 bits per heavy atom. The van der Waals surface area contributed by atoms with Crippen LogP contribution in [0.5, 0.6) is 5.88 Å². The van der Waals surface area contributed by atoms with Crippen LogP contribution in [-0.4, -0.2) is 89.8 Å². The maximum Gasteiger partial charge on any atom is 0.417 e. The zero-order valence-electron chi connectivity index (χ0n) is 21.3. The second kappa shape index (κ2) is 14.0. The summed E-state index contributed by atoms with van der Waals surface area (Å²) in [6, 6.07) is 8.43. The van der Waals surface area contributed by atoms with Gasteiger partial charge in [0.1, 0.15) is 11.7 Å². The number of benzene rings is 1. The fourth-order valence-corrected chi connectivity index (χ4v) is 4.70. The van der Waals surface area contributed by atoms with Crippen LogP contribution in [0.2, 0.25) is 0 Å². The van der Waals surface area contributed by atoms with Gasteiger partial charge in [0.2, 0.25) is 5.88 Å². The molecule has 3 rings (SSSR count). The third-order valence-corrected chi connectivity index (χ3v) is 6.95. The minimum absolute atomic E-state index is 0.0107. The number of nitrogens with zero attached hydrogens (tertiary/aromatic N) is 3. The Labute approximate surface area is 220 Å². The topological polar surface area (TPSA) is 169 Å². The number of carbonyl (C=O) groups excluding carboxylic acids is 3. The van der Waals surface area contributed by atoms with Gasteiger partial charge >= 0.3 is 19.7 Å². The lowest BCUT2D eigenvalue weighted by Crippen LogP contribution is -2.50. The summed E-state index contributed by atoms with van der Waals surface area (Å²) in [5.41, 5.74) is 0.448. The number of ether oxygens (including phenoxy) is 2. The Morgan fingerprint density at radius 1 is 1.18 bits per heavy atom. The van der Waals surface area contributed by atoms with E-state index in [4.69, 9.17) is 14.0 Å². The van der Waals surface area contributed by atoms with Gasteiger partial charge in [-0.05, 0) is 6.42 Å². The lowest BCUT2D eigenvalue weighted by molar-refractivity contribution is -0.140. The number of piperazine rings is 1. The van der Waals surface area contributed by atoms with Crippen LogP contribution in [0, 0.1) is 0 Å². The fourth-order valence-electron chi connectivity index (χ4n) is 3.48. The summed E-state index contributed by atoms with van der Waals surface area (Å²) in [4.78, 5) is 58.7. The van der Waals surface area contributed by atoms with Gasteiger partial charge in [0, 0.05) is 37.8 Å². The monoisotopic (exact) mass is 549 g/mol. The standard InChI is InChI=1S/C24H32N5O8P/c1-3-4-14-36-38(33,34)16-19(23(31)37-24(32)29-12-10-25-11-13-29)27-22(30)18-15-20(35-2)28-21(26-18)17-8-6-5-7-9-17/h5-9,15,19,25H,3-4,10-14,16H2,1-2H3,(H,27,30)(H,33,34). The molecule has 3 N–H and O–H groups in total. The van der Waals surface area contributed by atoms with Crippen molar-refractivity contribution >= 4 is 25.6 Å². The average Bonchev–Trinajstić information content (AvgIpc) is 2.93. The van der Waals surface area contributed by atoms with Crippen LogP contribution in [0.4, 0.5) is 4.79 Å². The van der Waals surface area contributed by atoms with E-state index in [-0.39, 0.29) is 24.0 Å². The van der Waals surface area contributed by atoms with E-state index >= 15 is 0 Å². The number of aromatic nitrogens is 2. The van der Waals surface area contributed by atoms with Crippen LogP contribution in [0.15, 0.2) is 36.4 Å². The van der Waals surface area contributed by atoms with E-state index in [2.05, 4.69) is 20.6 Å². The molecule has 0 saturated carbocycles. The molecular weight excluding hydrogens is 517 g/mol. The van der Waals surface area contributed by atoms with Gasteiger partial charge < -0.3 is 34.4 Å². The number of nitrogens with one attached hydrogen (secondary N) is 2. The highest BCUT2D eigenvalue weighted by atomic mass is 31.2. The Morgan fingerprint density at radius 3 is 2.55 bits per heavy atom. The van der Waals surface area contributed by atoms with Gasteiger partial charge in [0.15, 0.2) is 5.82 Å². The summed E-state index contributed by atoms with van der Waals surface area (Å²) in [5.74, 6) is -1.78. The number of hydrogen-bond donors (Lipinski definition) is 3. The molecule has 0 spiro atoms. The fraction of sp³-hybridized carbons (Fsp3) is 0.458. The molecule has 13 nitrogen and oxygen atoms in total. The van der Waals surface area contributed by atoms with Crippen LogP contribution in [0.3, 0.4) is 0 Å². The van der Waals surface area contributed by atoms with Crippen LogP contribution in [0.25, 0.3) is 11.4 Å². The molecule has 1 aromatic heterocycles. The molecular formula is C24H32N5O8P. The summed E-state index contributed by atoms with van der Waals surface area (Å²) < 4.78 is 27.9. The number of carbonyl (C=O) groups is 3. The van der Waals surface area contributed by atoms with Crippen LogP contribution in [0.1, 0.15) is 30.3 Å². The van der Waals surface area contributed by atoms with E-state index in [1.54, 1.807) is 24.3 Å². The molecule has 2 atom stereocenters. The first kappa shape index (κ1) is 29.2. The van der Waals surface area contributed by atoms with E-state index in [0.29, 0.717) is 38.2 Å². The predicted molar refractivity (Wildman–Crippen MR) is 137 cm³/mol. The molecule has 2 amide bonds. The maximum absolute atomic E-state index is 13.2. The number of unbranched alkanes of at least 4 members (excludes halogenated alkanes) is 1. The first-order chi connectivity index (χ1) is 18.2. The van der Waals surface area contributed by atoms with Crippen LogP contribution >= 0.6 is 7.60 Å². The van der Waals surface area contributed by atoms with Crippen molar-refractivity contribution in [3.63, 3.8) is 0 Å². The van der Waals surface area contributed by atoms with Crippen molar-refractivity contribution in [2.24, 2.45) is 0 Å². The SMILES string of the molecule is CCCCOP(=O)(O)CC(NC(=O)c1cc(OC)nc(-c2ccccc2)n1)C(=O)OC(=O)N1CCNCC1. The van der Waals surface area contributed by atoms with Crippen molar-refractivity contribution in [1.82, 2.24) is 25.5 Å². The second-order valence-corrected chi connectivity index (χ2v) is 10.3. The molecule has 2 unspecified atom stereocenters. The van der Waals surface area contributed by atoms with Crippen molar-refractivity contribution in [1.29, 1.82) is 0 Å². The van der Waals surface area contributed by atoms with Gasteiger partial charge in [0.05, 0.1) is 19.9 Å². The molecule has 1 aliphatic heterocycles. The smallest absolute Gasteiger partial charge is 0.417 e. The first-order valence-electron chi connectivity index (χ1n) is 12.2. The minimum atomic E-state index is -4.34. The van der Waals surface area contributed by atoms with Gasteiger partial charge in [-0.25, -0.2) is 14.6 Å². The summed E-state index contributed by atoms with van der Waals surface area (Å²) in [5, 5.41) is 5.43. The summed E-state index contributed by atoms with van der Waals surface area (Å²) in [6.45, 7) is 3.58. The molecule has 1 aliphatic rings. The quantitative estimate of drug-likeness (QED) is 0.162. The van der Waals surface area contributed by atoms with Gasteiger partial charge in [0.25, 0.3) is 5.91 Å². The molecule has 14 heteroatoms. The van der Waals surface area contributed by atoms with Crippen molar-refractivity contribution in [3.05, 3.63) is 42.1 Å². The van der Waals surface area contributed by atoms with Gasteiger partial charge in [-0.2, -0.15) is 4.98 Å². The number of rotatable bonds is 11. The zero-order valence-corrected chi connectivity index (χ0v) is 22.2. The van der Waals surface area contributed by atoms with Crippen molar-refractivity contribution < 1.29 is 37.8 Å². The molecule has 1 aromatic carbocycles. The second-order valence-electron chi connectivity index (χ2n) is 8.44. The Hall–Kier alpha value is -3.38. The van der Waals surface area contributed by atoms with E-state index < -0.39 is 37.8 Å². The number of hydrogen-bond acceptors (Lipinski definition) is 10. The highest BCUT2D eigenvalue weighted by Crippen LogP contribution is 2.42. The molecule has 2 heterocycles. The Kier molecular flexibility index (Phi) is 10.7. The molecule has 206 valence electrons. The largest absolute Gasteiger partial charge is 0.481 e. The molecule has 0 aliphatic carbocycles. The predicted octanol–water partition coefficient (Wildman–Crippen LogP) is 1.82. The average molecular weight is 550 g/mol. The number of esters is 1. The van der Waals surface area contributed by atoms with Crippen molar-refractivity contribution in [3.8, 4) is 17.3 Å². The molecule has 0 radical (unpaired) electrons. The lowest BCUT2D eigenvalue weighted by Gasteiger charge is -2.27. The Bertz CT molecular complexity index is 1160. The summed E-state index contributed by atoms with van der Waals surface area (Å²) >= 11 is 0. The van der Waals surface area contributed by atoms with Crippen LogP contribution < -0.4 is 15.4 Å². The lowest BCUT2D eigenvalue weighted by atomic mass is 10.2.